The standard InChI is InChI=1S/C23H21F6NOS/c1-31-13-30-18-11-15(23(27,28)29)8-9-16(18)20(21(30)14-5-2-3-6-14)17(12-22(24,25)26)19-7-4-10-32-19/h4,7-12,14H,2-3,5-6,13H2,1H3/b17-12-. The van der Waals surface area contributed by atoms with Gasteiger partial charge >= 0.3 is 12.4 Å². The van der Waals surface area contributed by atoms with Crippen LogP contribution in [0.3, 0.4) is 0 Å². The fourth-order valence-corrected chi connectivity index (χ4v) is 5.33. The first-order valence-electron chi connectivity index (χ1n) is 10.2. The predicted octanol–water partition coefficient (Wildman–Crippen LogP) is 7.98. The number of aromatic nitrogens is 1. The third-order valence-electron chi connectivity index (χ3n) is 5.80. The number of thiophene rings is 1. The zero-order chi connectivity index (χ0) is 23.1. The molecule has 172 valence electrons. The number of alkyl halides is 6. The Kier molecular flexibility index (Phi) is 6.15. The van der Waals surface area contributed by atoms with Crippen molar-refractivity contribution in [2.24, 2.45) is 0 Å². The van der Waals surface area contributed by atoms with Gasteiger partial charge in [0.1, 0.15) is 6.73 Å². The molecule has 0 aliphatic heterocycles. The number of benzene rings is 1. The highest BCUT2D eigenvalue weighted by Crippen LogP contribution is 2.46. The second-order valence-corrected chi connectivity index (χ2v) is 8.84. The molecule has 0 radical (unpaired) electrons. The number of halogens is 6. The van der Waals surface area contributed by atoms with Gasteiger partial charge in [0.15, 0.2) is 0 Å². The van der Waals surface area contributed by atoms with Crippen LogP contribution in [0.4, 0.5) is 26.3 Å². The van der Waals surface area contributed by atoms with Crippen LogP contribution in [0.25, 0.3) is 16.5 Å². The molecule has 0 unspecified atom stereocenters. The second-order valence-electron chi connectivity index (χ2n) is 7.89. The molecule has 2 aromatic heterocycles. The van der Waals surface area contributed by atoms with Crippen molar-refractivity contribution < 1.29 is 31.1 Å². The summed E-state index contributed by atoms with van der Waals surface area (Å²) in [5.74, 6) is -0.0570. The average Bonchev–Trinajstić information content (AvgIpc) is 3.45. The molecule has 1 saturated carbocycles. The molecular weight excluding hydrogens is 452 g/mol. The Balaban J connectivity index is 2.10. The summed E-state index contributed by atoms with van der Waals surface area (Å²) in [5.41, 5.74) is 0.319. The lowest BCUT2D eigenvalue weighted by Gasteiger charge is -2.18. The van der Waals surface area contributed by atoms with E-state index in [0.29, 0.717) is 21.5 Å². The Morgan fingerprint density at radius 3 is 2.41 bits per heavy atom. The maximum Gasteiger partial charge on any atom is 0.416 e. The Morgan fingerprint density at radius 1 is 1.12 bits per heavy atom. The van der Waals surface area contributed by atoms with E-state index >= 15 is 0 Å². The molecule has 4 rings (SSSR count). The summed E-state index contributed by atoms with van der Waals surface area (Å²) in [5, 5.41) is 2.05. The van der Waals surface area contributed by atoms with Gasteiger partial charge in [0.05, 0.1) is 11.1 Å². The number of allylic oxidation sites excluding steroid dienone is 1. The van der Waals surface area contributed by atoms with Crippen LogP contribution in [0.5, 0.6) is 0 Å². The van der Waals surface area contributed by atoms with Crippen LogP contribution in [0.1, 0.15) is 53.3 Å². The second kappa shape index (κ2) is 8.59. The van der Waals surface area contributed by atoms with Gasteiger partial charge in [-0.1, -0.05) is 25.0 Å². The molecule has 2 nitrogen and oxygen atoms in total. The van der Waals surface area contributed by atoms with Gasteiger partial charge in [-0.2, -0.15) is 26.3 Å². The van der Waals surface area contributed by atoms with E-state index in [0.717, 1.165) is 37.8 Å². The maximum absolute atomic E-state index is 13.6. The van der Waals surface area contributed by atoms with Crippen molar-refractivity contribution in [1.82, 2.24) is 4.57 Å². The zero-order valence-electron chi connectivity index (χ0n) is 17.2. The summed E-state index contributed by atoms with van der Waals surface area (Å²) in [7, 11) is 1.42. The molecule has 0 saturated heterocycles. The van der Waals surface area contributed by atoms with Crippen LogP contribution in [0.2, 0.25) is 0 Å². The Bertz CT molecular complexity index is 1120. The first kappa shape index (κ1) is 22.9. The van der Waals surface area contributed by atoms with Crippen LogP contribution < -0.4 is 0 Å². The minimum Gasteiger partial charge on any atom is -0.364 e. The van der Waals surface area contributed by atoms with Crippen LogP contribution in [0.15, 0.2) is 41.8 Å². The molecule has 2 heterocycles. The van der Waals surface area contributed by atoms with Crippen molar-refractivity contribution in [2.45, 2.75) is 50.7 Å². The number of fused-ring (bicyclic) bond motifs is 1. The highest BCUT2D eigenvalue weighted by Gasteiger charge is 2.35. The molecule has 0 spiro atoms. The summed E-state index contributed by atoms with van der Waals surface area (Å²) in [4.78, 5) is 0.415. The van der Waals surface area contributed by atoms with Gasteiger partial charge in [-0.3, -0.25) is 0 Å². The topological polar surface area (TPSA) is 14.2 Å². The lowest BCUT2D eigenvalue weighted by atomic mass is 9.92. The summed E-state index contributed by atoms with van der Waals surface area (Å²) < 4.78 is 88.1. The van der Waals surface area contributed by atoms with Gasteiger partial charge in [0.2, 0.25) is 0 Å². The number of hydrogen-bond acceptors (Lipinski definition) is 2. The molecule has 0 N–H and O–H groups in total. The van der Waals surface area contributed by atoms with Gasteiger partial charge in [0.25, 0.3) is 0 Å². The highest BCUT2D eigenvalue weighted by atomic mass is 32.1. The summed E-state index contributed by atoms with van der Waals surface area (Å²) in [6, 6.07) is 6.49. The summed E-state index contributed by atoms with van der Waals surface area (Å²) in [6.45, 7) is -0.0482. The van der Waals surface area contributed by atoms with E-state index in [1.807, 2.05) is 0 Å². The minimum atomic E-state index is -4.59. The van der Waals surface area contributed by atoms with E-state index in [-0.39, 0.29) is 29.8 Å². The molecule has 1 aromatic carbocycles. The van der Waals surface area contributed by atoms with Crippen LogP contribution >= 0.6 is 11.3 Å². The van der Waals surface area contributed by atoms with Gasteiger partial charge in [-0.25, -0.2) is 0 Å². The molecule has 3 aromatic rings. The van der Waals surface area contributed by atoms with Crippen molar-refractivity contribution in [2.75, 3.05) is 7.11 Å². The first-order chi connectivity index (χ1) is 15.1. The zero-order valence-corrected chi connectivity index (χ0v) is 18.0. The third kappa shape index (κ3) is 4.45. The molecule has 1 aliphatic carbocycles. The molecule has 0 atom stereocenters. The van der Waals surface area contributed by atoms with E-state index in [9.17, 15) is 26.3 Å². The maximum atomic E-state index is 13.6. The van der Waals surface area contributed by atoms with E-state index in [1.165, 1.54) is 24.5 Å². The minimum absolute atomic E-state index is 0.0194. The van der Waals surface area contributed by atoms with Gasteiger partial charge in [-0.05, 0) is 42.3 Å². The Morgan fingerprint density at radius 2 is 1.84 bits per heavy atom. The van der Waals surface area contributed by atoms with Crippen LogP contribution in [0, 0.1) is 0 Å². The number of methoxy groups -OCH3 is 1. The molecule has 32 heavy (non-hydrogen) atoms. The number of rotatable bonds is 5. The smallest absolute Gasteiger partial charge is 0.364 e. The number of ether oxygens (including phenoxy) is 1. The molecule has 0 bridgehead atoms. The largest absolute Gasteiger partial charge is 0.416 e. The Hall–Kier alpha value is -2.26. The van der Waals surface area contributed by atoms with Crippen molar-refractivity contribution >= 4 is 27.8 Å². The predicted molar refractivity (Wildman–Crippen MR) is 113 cm³/mol. The lowest BCUT2D eigenvalue weighted by Crippen LogP contribution is -2.11. The monoisotopic (exact) mass is 473 g/mol. The molecule has 1 aliphatic rings. The van der Waals surface area contributed by atoms with Gasteiger partial charge < -0.3 is 9.30 Å². The summed E-state index contributed by atoms with van der Waals surface area (Å²) >= 11 is 1.17. The van der Waals surface area contributed by atoms with Crippen molar-refractivity contribution in [3.05, 3.63) is 63.5 Å². The van der Waals surface area contributed by atoms with E-state index in [2.05, 4.69) is 0 Å². The van der Waals surface area contributed by atoms with Crippen molar-refractivity contribution in [3.8, 4) is 0 Å². The molecule has 1 fully saturated rings. The average molecular weight is 473 g/mol. The van der Waals surface area contributed by atoms with Gasteiger partial charge in [0, 0.05) is 40.3 Å². The quantitative estimate of drug-likeness (QED) is 0.343. The fraction of sp³-hybridized carbons (Fsp3) is 0.391. The van der Waals surface area contributed by atoms with E-state index < -0.39 is 17.9 Å². The normalized spacial score (nSPS) is 16.4. The first-order valence-corrected chi connectivity index (χ1v) is 11.0. The molecular formula is C23H21F6NOS. The SMILES string of the molecule is COCn1c(C2CCCC2)c(/C(=C\C(F)(F)F)c2cccs2)c2ccc(C(F)(F)F)cc21. The Labute approximate surface area is 185 Å². The number of nitrogens with zero attached hydrogens (tertiary/aromatic N) is 1. The highest BCUT2D eigenvalue weighted by molar-refractivity contribution is 7.11. The van der Waals surface area contributed by atoms with Crippen molar-refractivity contribution in [3.63, 3.8) is 0 Å². The van der Waals surface area contributed by atoms with Gasteiger partial charge in [-0.15, -0.1) is 11.3 Å². The van der Waals surface area contributed by atoms with Crippen molar-refractivity contribution in [1.29, 1.82) is 0 Å². The van der Waals surface area contributed by atoms with Crippen LogP contribution in [-0.4, -0.2) is 17.9 Å². The molecule has 9 heteroatoms. The van der Waals surface area contributed by atoms with E-state index in [4.69, 9.17) is 4.74 Å². The fourth-order valence-electron chi connectivity index (χ4n) is 4.58. The number of hydrogen-bond donors (Lipinski definition) is 0. The van der Waals surface area contributed by atoms with Crippen LogP contribution in [-0.2, 0) is 17.6 Å². The van der Waals surface area contributed by atoms with E-state index in [1.54, 1.807) is 22.1 Å². The third-order valence-corrected chi connectivity index (χ3v) is 6.70. The summed E-state index contributed by atoms with van der Waals surface area (Å²) in [6.07, 6.45) is -5.52. The lowest BCUT2D eigenvalue weighted by molar-refractivity contribution is -0.137. The molecule has 0 amide bonds.